The summed E-state index contributed by atoms with van der Waals surface area (Å²) in [6.07, 6.45) is 3.78. The SMILES string of the molecule is CC(/C=C/c1ccccc1)=N/NC(=O)c1ccccc1OCc1ccc(Cl)cc1. The number of nitrogens with one attached hydrogen (secondary N) is 1. The van der Waals surface area contributed by atoms with Gasteiger partial charge in [-0.25, -0.2) is 5.43 Å². The Balaban J connectivity index is 1.63. The molecule has 1 amide bonds. The molecule has 29 heavy (non-hydrogen) atoms. The lowest BCUT2D eigenvalue weighted by molar-refractivity contribution is 0.0950. The Morgan fingerprint density at radius 3 is 2.45 bits per heavy atom. The van der Waals surface area contributed by atoms with Crippen LogP contribution < -0.4 is 10.2 Å². The van der Waals surface area contributed by atoms with Crippen LogP contribution in [0.2, 0.25) is 5.02 Å². The van der Waals surface area contributed by atoms with Crippen LogP contribution in [0.15, 0.2) is 90.0 Å². The van der Waals surface area contributed by atoms with Gasteiger partial charge in [-0.2, -0.15) is 5.10 Å². The molecule has 3 rings (SSSR count). The quantitative estimate of drug-likeness (QED) is 0.403. The van der Waals surface area contributed by atoms with Crippen LogP contribution >= 0.6 is 11.6 Å². The van der Waals surface area contributed by atoms with E-state index >= 15 is 0 Å². The zero-order valence-electron chi connectivity index (χ0n) is 16.0. The first-order valence-electron chi connectivity index (χ1n) is 9.16. The minimum Gasteiger partial charge on any atom is -0.488 e. The number of halogens is 1. The average molecular weight is 405 g/mol. The van der Waals surface area contributed by atoms with Crippen LogP contribution in [0.4, 0.5) is 0 Å². The predicted molar refractivity (Wildman–Crippen MR) is 118 cm³/mol. The highest BCUT2D eigenvalue weighted by Crippen LogP contribution is 2.20. The summed E-state index contributed by atoms with van der Waals surface area (Å²) < 4.78 is 5.83. The normalized spacial score (nSPS) is 11.4. The fourth-order valence-electron chi connectivity index (χ4n) is 2.54. The molecule has 0 aliphatic heterocycles. The van der Waals surface area contributed by atoms with E-state index in [1.54, 1.807) is 30.3 Å². The molecule has 0 unspecified atom stereocenters. The monoisotopic (exact) mass is 404 g/mol. The summed E-state index contributed by atoms with van der Waals surface area (Å²) in [5, 5.41) is 4.81. The van der Waals surface area contributed by atoms with E-state index in [1.165, 1.54) is 0 Å². The number of ether oxygens (including phenoxy) is 1. The van der Waals surface area contributed by atoms with E-state index in [0.717, 1.165) is 11.1 Å². The first-order chi connectivity index (χ1) is 14.1. The molecule has 0 saturated heterocycles. The number of benzene rings is 3. The topological polar surface area (TPSA) is 50.7 Å². The maximum atomic E-state index is 12.6. The van der Waals surface area contributed by atoms with Gasteiger partial charge in [0, 0.05) is 5.02 Å². The molecule has 0 atom stereocenters. The van der Waals surface area contributed by atoms with Crippen molar-refractivity contribution >= 4 is 29.3 Å². The molecule has 0 radical (unpaired) electrons. The zero-order chi connectivity index (χ0) is 20.5. The van der Waals surface area contributed by atoms with Crippen molar-refractivity contribution < 1.29 is 9.53 Å². The van der Waals surface area contributed by atoms with Gasteiger partial charge in [-0.3, -0.25) is 4.79 Å². The minimum atomic E-state index is -0.329. The fraction of sp³-hybridized carbons (Fsp3) is 0.0833. The molecular formula is C24H21ClN2O2. The van der Waals surface area contributed by atoms with E-state index in [2.05, 4.69) is 10.5 Å². The predicted octanol–water partition coefficient (Wildman–Crippen LogP) is 5.74. The molecule has 3 aromatic rings. The summed E-state index contributed by atoms with van der Waals surface area (Å²) >= 11 is 5.90. The lowest BCUT2D eigenvalue weighted by Gasteiger charge is -2.10. The van der Waals surface area contributed by atoms with Gasteiger partial charge < -0.3 is 4.74 Å². The number of amides is 1. The van der Waals surface area contributed by atoms with Crippen molar-refractivity contribution in [2.75, 3.05) is 0 Å². The molecule has 0 fully saturated rings. The summed E-state index contributed by atoms with van der Waals surface area (Å²) in [5.41, 5.74) is 5.71. The average Bonchev–Trinajstić information content (AvgIpc) is 2.76. The third kappa shape index (κ3) is 6.33. The molecule has 0 saturated carbocycles. The van der Waals surface area contributed by atoms with Crippen LogP contribution in [0.25, 0.3) is 6.08 Å². The van der Waals surface area contributed by atoms with Gasteiger partial charge in [-0.05, 0) is 48.4 Å². The van der Waals surface area contributed by atoms with Gasteiger partial charge in [0.15, 0.2) is 0 Å². The number of nitrogens with zero attached hydrogens (tertiary/aromatic N) is 1. The Morgan fingerprint density at radius 2 is 1.69 bits per heavy atom. The summed E-state index contributed by atoms with van der Waals surface area (Å²) in [6.45, 7) is 2.16. The number of hydrazone groups is 1. The molecule has 0 aliphatic rings. The highest BCUT2D eigenvalue weighted by molar-refractivity contribution is 6.30. The van der Waals surface area contributed by atoms with Gasteiger partial charge in [-0.1, -0.05) is 72.3 Å². The van der Waals surface area contributed by atoms with E-state index in [0.29, 0.717) is 28.7 Å². The van der Waals surface area contributed by atoms with Crippen molar-refractivity contribution in [3.63, 3.8) is 0 Å². The summed E-state index contributed by atoms with van der Waals surface area (Å²) in [7, 11) is 0. The van der Waals surface area contributed by atoms with Gasteiger partial charge in [-0.15, -0.1) is 0 Å². The summed E-state index contributed by atoms with van der Waals surface area (Å²) in [4.78, 5) is 12.6. The molecule has 0 aliphatic carbocycles. The Bertz CT molecular complexity index is 1010. The van der Waals surface area contributed by atoms with Gasteiger partial charge >= 0.3 is 0 Å². The Labute approximate surface area is 175 Å². The van der Waals surface area contributed by atoms with Crippen molar-refractivity contribution in [2.45, 2.75) is 13.5 Å². The molecule has 0 bridgehead atoms. The molecule has 146 valence electrons. The van der Waals surface area contributed by atoms with Crippen LogP contribution in [0.3, 0.4) is 0 Å². The zero-order valence-corrected chi connectivity index (χ0v) is 16.8. The number of hydrogen-bond donors (Lipinski definition) is 1. The molecule has 0 aromatic heterocycles. The van der Waals surface area contributed by atoms with Crippen molar-refractivity contribution in [3.8, 4) is 5.75 Å². The van der Waals surface area contributed by atoms with Crippen LogP contribution in [0, 0.1) is 0 Å². The Morgan fingerprint density at radius 1 is 1.00 bits per heavy atom. The van der Waals surface area contributed by atoms with Gasteiger partial charge in [0.05, 0.1) is 11.3 Å². The number of allylic oxidation sites excluding steroid dienone is 1. The first-order valence-corrected chi connectivity index (χ1v) is 9.53. The highest BCUT2D eigenvalue weighted by Gasteiger charge is 2.11. The summed E-state index contributed by atoms with van der Waals surface area (Å²) in [5.74, 6) is 0.164. The molecule has 3 aromatic carbocycles. The lowest BCUT2D eigenvalue weighted by atomic mass is 10.2. The van der Waals surface area contributed by atoms with Crippen LogP contribution in [-0.4, -0.2) is 11.6 Å². The highest BCUT2D eigenvalue weighted by atomic mass is 35.5. The Kier molecular flexibility index (Phi) is 7.20. The lowest BCUT2D eigenvalue weighted by Crippen LogP contribution is -2.19. The van der Waals surface area contributed by atoms with E-state index in [9.17, 15) is 4.79 Å². The van der Waals surface area contributed by atoms with Crippen molar-refractivity contribution in [1.82, 2.24) is 5.43 Å². The van der Waals surface area contributed by atoms with E-state index in [4.69, 9.17) is 16.3 Å². The van der Waals surface area contributed by atoms with Crippen LogP contribution in [0.1, 0.15) is 28.4 Å². The number of carbonyl (C=O) groups excluding carboxylic acids is 1. The second-order valence-corrected chi connectivity index (χ2v) is 6.79. The Hall–Kier alpha value is -3.37. The number of rotatable bonds is 7. The van der Waals surface area contributed by atoms with Crippen molar-refractivity contribution in [1.29, 1.82) is 0 Å². The van der Waals surface area contributed by atoms with Crippen LogP contribution in [0.5, 0.6) is 5.75 Å². The molecule has 0 heterocycles. The van der Waals surface area contributed by atoms with Crippen molar-refractivity contribution in [2.24, 2.45) is 5.10 Å². The van der Waals surface area contributed by atoms with Gasteiger partial charge in [0.25, 0.3) is 5.91 Å². The molecule has 4 nitrogen and oxygen atoms in total. The maximum absolute atomic E-state index is 12.6. The first kappa shape index (κ1) is 20.4. The van der Waals surface area contributed by atoms with E-state index in [-0.39, 0.29) is 5.91 Å². The van der Waals surface area contributed by atoms with Crippen molar-refractivity contribution in [3.05, 3.63) is 107 Å². The standard InChI is InChI=1S/C24H21ClN2O2/c1-18(11-12-19-7-3-2-4-8-19)26-27-24(28)22-9-5-6-10-23(22)29-17-20-13-15-21(25)16-14-20/h2-16H,17H2,1H3,(H,27,28)/b12-11+,26-18-. The molecule has 1 N–H and O–H groups in total. The smallest absolute Gasteiger partial charge is 0.275 e. The third-order valence-electron chi connectivity index (χ3n) is 4.09. The molecule has 0 spiro atoms. The third-order valence-corrected chi connectivity index (χ3v) is 4.34. The number of para-hydroxylation sites is 1. The summed E-state index contributed by atoms with van der Waals surface area (Å²) in [6, 6.07) is 24.4. The number of carbonyl (C=O) groups is 1. The van der Waals surface area contributed by atoms with E-state index in [1.807, 2.05) is 67.6 Å². The minimum absolute atomic E-state index is 0.329. The van der Waals surface area contributed by atoms with E-state index < -0.39 is 0 Å². The largest absolute Gasteiger partial charge is 0.488 e. The van der Waals surface area contributed by atoms with Crippen LogP contribution in [-0.2, 0) is 6.61 Å². The fourth-order valence-corrected chi connectivity index (χ4v) is 2.67. The second-order valence-electron chi connectivity index (χ2n) is 6.35. The van der Waals surface area contributed by atoms with Gasteiger partial charge in [0.1, 0.15) is 12.4 Å². The second kappa shape index (κ2) is 10.2. The molecular weight excluding hydrogens is 384 g/mol. The molecule has 5 heteroatoms. The van der Waals surface area contributed by atoms with Gasteiger partial charge in [0.2, 0.25) is 0 Å². The maximum Gasteiger partial charge on any atom is 0.275 e. The number of hydrogen-bond acceptors (Lipinski definition) is 3.